The van der Waals surface area contributed by atoms with Crippen molar-refractivity contribution < 1.29 is 4.74 Å². The standard InChI is InChI=1S/C15H18N2O2/c1-11-15(18)17(8-6-12-7-9-19-10-12)14-5-3-2-4-13(14)16-11/h2-5,12H,6-10H2,1H3. The molecule has 0 saturated carbocycles. The Labute approximate surface area is 112 Å². The minimum atomic E-state index is 0.0256. The Balaban J connectivity index is 1.96. The fourth-order valence-electron chi connectivity index (χ4n) is 2.66. The van der Waals surface area contributed by atoms with Crippen molar-refractivity contribution in [3.63, 3.8) is 0 Å². The van der Waals surface area contributed by atoms with Gasteiger partial charge in [0.2, 0.25) is 0 Å². The van der Waals surface area contributed by atoms with Gasteiger partial charge in [-0.25, -0.2) is 4.98 Å². The van der Waals surface area contributed by atoms with Gasteiger partial charge in [0.1, 0.15) is 5.69 Å². The lowest BCUT2D eigenvalue weighted by Crippen LogP contribution is -2.25. The molecule has 1 aliphatic heterocycles. The third-order valence-electron chi connectivity index (χ3n) is 3.80. The summed E-state index contributed by atoms with van der Waals surface area (Å²) in [5.41, 5.74) is 2.42. The van der Waals surface area contributed by atoms with Gasteiger partial charge >= 0.3 is 0 Å². The molecule has 4 nitrogen and oxygen atoms in total. The SMILES string of the molecule is Cc1nc2ccccc2n(CCC2CCOC2)c1=O. The van der Waals surface area contributed by atoms with Crippen LogP contribution in [0.2, 0.25) is 0 Å². The summed E-state index contributed by atoms with van der Waals surface area (Å²) in [6.07, 6.45) is 2.10. The molecule has 4 heteroatoms. The van der Waals surface area contributed by atoms with Gasteiger partial charge in [-0.05, 0) is 37.8 Å². The Hall–Kier alpha value is -1.68. The van der Waals surface area contributed by atoms with Crippen molar-refractivity contribution in [2.45, 2.75) is 26.3 Å². The molecule has 1 aromatic carbocycles. The molecule has 1 saturated heterocycles. The van der Waals surface area contributed by atoms with E-state index >= 15 is 0 Å². The fourth-order valence-corrected chi connectivity index (χ4v) is 2.66. The highest BCUT2D eigenvalue weighted by Crippen LogP contribution is 2.18. The van der Waals surface area contributed by atoms with Gasteiger partial charge in [-0.15, -0.1) is 0 Å². The van der Waals surface area contributed by atoms with E-state index in [0.29, 0.717) is 11.6 Å². The molecule has 3 rings (SSSR count). The number of para-hydroxylation sites is 2. The van der Waals surface area contributed by atoms with E-state index < -0.39 is 0 Å². The Kier molecular flexibility index (Phi) is 3.34. The summed E-state index contributed by atoms with van der Waals surface area (Å²) >= 11 is 0. The van der Waals surface area contributed by atoms with Crippen LogP contribution in [-0.2, 0) is 11.3 Å². The molecule has 1 unspecified atom stereocenters. The van der Waals surface area contributed by atoms with Gasteiger partial charge in [-0.1, -0.05) is 12.1 Å². The zero-order chi connectivity index (χ0) is 13.2. The van der Waals surface area contributed by atoms with E-state index in [2.05, 4.69) is 4.98 Å². The fraction of sp³-hybridized carbons (Fsp3) is 0.467. The summed E-state index contributed by atoms with van der Waals surface area (Å²) in [6, 6.07) is 7.83. The van der Waals surface area contributed by atoms with E-state index in [1.54, 1.807) is 6.92 Å². The number of rotatable bonds is 3. The maximum atomic E-state index is 12.3. The monoisotopic (exact) mass is 258 g/mol. The van der Waals surface area contributed by atoms with Crippen LogP contribution in [0.25, 0.3) is 11.0 Å². The number of aromatic nitrogens is 2. The molecule has 1 aliphatic rings. The van der Waals surface area contributed by atoms with Gasteiger partial charge in [0, 0.05) is 19.8 Å². The number of ether oxygens (including phenoxy) is 1. The van der Waals surface area contributed by atoms with Crippen molar-refractivity contribution in [3.05, 3.63) is 40.3 Å². The molecule has 0 N–H and O–H groups in total. The van der Waals surface area contributed by atoms with Crippen molar-refractivity contribution in [2.75, 3.05) is 13.2 Å². The molecule has 19 heavy (non-hydrogen) atoms. The normalized spacial score (nSPS) is 19.1. The van der Waals surface area contributed by atoms with Crippen LogP contribution < -0.4 is 5.56 Å². The van der Waals surface area contributed by atoms with Crippen LogP contribution in [0.3, 0.4) is 0 Å². The van der Waals surface area contributed by atoms with Gasteiger partial charge < -0.3 is 9.30 Å². The van der Waals surface area contributed by atoms with E-state index in [9.17, 15) is 4.79 Å². The summed E-state index contributed by atoms with van der Waals surface area (Å²) in [7, 11) is 0. The smallest absolute Gasteiger partial charge is 0.272 e. The molecular weight excluding hydrogens is 240 g/mol. The first-order valence-electron chi connectivity index (χ1n) is 6.79. The third-order valence-corrected chi connectivity index (χ3v) is 3.80. The average Bonchev–Trinajstić information content (AvgIpc) is 2.92. The lowest BCUT2D eigenvalue weighted by atomic mass is 10.1. The van der Waals surface area contributed by atoms with Crippen LogP contribution in [0.5, 0.6) is 0 Å². The predicted molar refractivity (Wildman–Crippen MR) is 74.3 cm³/mol. The number of hydrogen-bond donors (Lipinski definition) is 0. The second-order valence-corrected chi connectivity index (χ2v) is 5.16. The molecule has 1 atom stereocenters. The summed E-state index contributed by atoms with van der Waals surface area (Å²) in [6.45, 7) is 4.22. The number of aryl methyl sites for hydroxylation is 2. The molecule has 0 bridgehead atoms. The average molecular weight is 258 g/mol. The quantitative estimate of drug-likeness (QED) is 0.847. The Morgan fingerprint density at radius 3 is 3.05 bits per heavy atom. The largest absolute Gasteiger partial charge is 0.381 e. The van der Waals surface area contributed by atoms with Crippen molar-refractivity contribution in [2.24, 2.45) is 5.92 Å². The van der Waals surface area contributed by atoms with Crippen LogP contribution in [0.15, 0.2) is 29.1 Å². The van der Waals surface area contributed by atoms with E-state index in [1.165, 1.54) is 0 Å². The zero-order valence-electron chi connectivity index (χ0n) is 11.1. The van der Waals surface area contributed by atoms with Gasteiger partial charge in [0.15, 0.2) is 0 Å². The molecule has 1 fully saturated rings. The van der Waals surface area contributed by atoms with Crippen LogP contribution in [0.4, 0.5) is 0 Å². The van der Waals surface area contributed by atoms with Gasteiger partial charge in [0.05, 0.1) is 11.0 Å². The molecular formula is C15H18N2O2. The molecule has 100 valence electrons. The van der Waals surface area contributed by atoms with Gasteiger partial charge in [0.25, 0.3) is 5.56 Å². The summed E-state index contributed by atoms with van der Waals surface area (Å²) in [5, 5.41) is 0. The first kappa shape index (κ1) is 12.4. The first-order valence-corrected chi connectivity index (χ1v) is 6.79. The molecule has 0 radical (unpaired) electrons. The third kappa shape index (κ3) is 2.40. The van der Waals surface area contributed by atoms with E-state index in [1.807, 2.05) is 28.8 Å². The summed E-state index contributed by atoms with van der Waals surface area (Å²) < 4.78 is 7.24. The zero-order valence-corrected chi connectivity index (χ0v) is 11.1. The molecule has 0 spiro atoms. The number of hydrogen-bond acceptors (Lipinski definition) is 3. The van der Waals surface area contributed by atoms with Crippen LogP contribution in [0.1, 0.15) is 18.5 Å². The Morgan fingerprint density at radius 2 is 2.26 bits per heavy atom. The van der Waals surface area contributed by atoms with E-state index in [0.717, 1.165) is 43.6 Å². The maximum absolute atomic E-state index is 12.3. The number of nitrogens with zero attached hydrogens (tertiary/aromatic N) is 2. The topological polar surface area (TPSA) is 44.1 Å². The second-order valence-electron chi connectivity index (χ2n) is 5.16. The number of benzene rings is 1. The van der Waals surface area contributed by atoms with Crippen molar-refractivity contribution in [1.82, 2.24) is 9.55 Å². The van der Waals surface area contributed by atoms with Crippen molar-refractivity contribution >= 4 is 11.0 Å². The van der Waals surface area contributed by atoms with Gasteiger partial charge in [-0.2, -0.15) is 0 Å². The van der Waals surface area contributed by atoms with Crippen molar-refractivity contribution in [1.29, 1.82) is 0 Å². The molecule has 0 aliphatic carbocycles. The van der Waals surface area contributed by atoms with Crippen LogP contribution in [-0.4, -0.2) is 22.8 Å². The lowest BCUT2D eigenvalue weighted by molar-refractivity contribution is 0.183. The van der Waals surface area contributed by atoms with E-state index in [-0.39, 0.29) is 5.56 Å². The Morgan fingerprint density at radius 1 is 1.42 bits per heavy atom. The highest BCUT2D eigenvalue weighted by Gasteiger charge is 2.16. The molecule has 1 aromatic heterocycles. The highest BCUT2D eigenvalue weighted by atomic mass is 16.5. The van der Waals surface area contributed by atoms with Crippen LogP contribution >= 0.6 is 0 Å². The lowest BCUT2D eigenvalue weighted by Gasteiger charge is -2.13. The first-order chi connectivity index (χ1) is 9.25. The second kappa shape index (κ2) is 5.13. The Bertz CT molecular complexity index is 642. The molecule has 2 aromatic rings. The summed E-state index contributed by atoms with van der Waals surface area (Å²) in [5.74, 6) is 0.583. The van der Waals surface area contributed by atoms with Crippen molar-refractivity contribution in [3.8, 4) is 0 Å². The molecule has 0 amide bonds. The van der Waals surface area contributed by atoms with Crippen LogP contribution in [0, 0.1) is 12.8 Å². The maximum Gasteiger partial charge on any atom is 0.272 e. The molecule has 2 heterocycles. The minimum Gasteiger partial charge on any atom is -0.381 e. The summed E-state index contributed by atoms with van der Waals surface area (Å²) in [4.78, 5) is 16.6. The van der Waals surface area contributed by atoms with Gasteiger partial charge in [-0.3, -0.25) is 4.79 Å². The number of fused-ring (bicyclic) bond motifs is 1. The highest BCUT2D eigenvalue weighted by molar-refractivity contribution is 5.74. The van der Waals surface area contributed by atoms with E-state index in [4.69, 9.17) is 4.74 Å². The minimum absolute atomic E-state index is 0.0256. The predicted octanol–water partition coefficient (Wildman–Crippen LogP) is 2.13.